The molecule has 1 heteroatoms. The molecular formula is C16H30O. The van der Waals surface area contributed by atoms with Crippen molar-refractivity contribution in [1.29, 1.82) is 0 Å². The Morgan fingerprint density at radius 1 is 0.941 bits per heavy atom. The summed E-state index contributed by atoms with van der Waals surface area (Å²) in [6.07, 6.45) is 16.3. The minimum absolute atomic E-state index is 0.528. The normalized spacial score (nSPS) is 15.8. The number of Topliss-reactive ketones (excluding diaryl/α,β-unsaturated/α-hetero) is 1. The van der Waals surface area contributed by atoms with E-state index in [4.69, 9.17) is 0 Å². The maximum absolute atomic E-state index is 11.6. The van der Waals surface area contributed by atoms with Crippen molar-refractivity contribution in [1.82, 2.24) is 0 Å². The number of hydrogen-bond donors (Lipinski definition) is 0. The Balaban J connectivity index is 1.78. The quantitative estimate of drug-likeness (QED) is 0.448. The van der Waals surface area contributed by atoms with E-state index in [0.717, 1.165) is 25.2 Å². The number of ketones is 1. The first-order valence-corrected chi connectivity index (χ1v) is 7.84. The van der Waals surface area contributed by atoms with Gasteiger partial charge in [-0.1, -0.05) is 71.1 Å². The van der Waals surface area contributed by atoms with Crippen LogP contribution < -0.4 is 0 Å². The van der Waals surface area contributed by atoms with Crippen LogP contribution >= 0.6 is 0 Å². The van der Waals surface area contributed by atoms with E-state index in [1.807, 2.05) is 0 Å². The van der Waals surface area contributed by atoms with Gasteiger partial charge in [0.25, 0.3) is 0 Å². The summed E-state index contributed by atoms with van der Waals surface area (Å²) in [6, 6.07) is 0. The molecule has 0 spiro atoms. The predicted molar refractivity (Wildman–Crippen MR) is 74.2 cm³/mol. The standard InChI is InChI=1S/C16H30O/c1-2-3-4-5-6-7-8-9-13-16(17)14-15-11-10-12-15/h15H,2-14H2,1H3. The number of carbonyl (C=O) groups excluding carboxylic acids is 1. The van der Waals surface area contributed by atoms with Gasteiger partial charge in [-0.25, -0.2) is 0 Å². The van der Waals surface area contributed by atoms with E-state index in [-0.39, 0.29) is 0 Å². The van der Waals surface area contributed by atoms with Crippen LogP contribution in [0.2, 0.25) is 0 Å². The van der Waals surface area contributed by atoms with Crippen LogP contribution in [0.4, 0.5) is 0 Å². The largest absolute Gasteiger partial charge is 0.300 e. The third-order valence-electron chi connectivity index (χ3n) is 4.05. The molecule has 0 bridgehead atoms. The molecule has 1 fully saturated rings. The lowest BCUT2D eigenvalue weighted by Gasteiger charge is -2.24. The minimum Gasteiger partial charge on any atom is -0.300 e. The van der Waals surface area contributed by atoms with Crippen LogP contribution in [0, 0.1) is 5.92 Å². The summed E-state index contributed by atoms with van der Waals surface area (Å²) in [6.45, 7) is 2.26. The van der Waals surface area contributed by atoms with Gasteiger partial charge in [-0.3, -0.25) is 4.79 Å². The fourth-order valence-corrected chi connectivity index (χ4v) is 2.58. The van der Waals surface area contributed by atoms with Gasteiger partial charge in [-0.05, 0) is 12.3 Å². The number of carbonyl (C=O) groups is 1. The number of unbranched alkanes of at least 4 members (excludes halogenated alkanes) is 7. The van der Waals surface area contributed by atoms with Gasteiger partial charge in [-0.15, -0.1) is 0 Å². The molecule has 0 amide bonds. The molecule has 1 nitrogen and oxygen atoms in total. The van der Waals surface area contributed by atoms with Gasteiger partial charge in [0.2, 0.25) is 0 Å². The molecule has 100 valence electrons. The summed E-state index contributed by atoms with van der Waals surface area (Å²) < 4.78 is 0. The molecule has 0 aromatic heterocycles. The van der Waals surface area contributed by atoms with E-state index in [9.17, 15) is 4.79 Å². The van der Waals surface area contributed by atoms with Gasteiger partial charge in [-0.2, -0.15) is 0 Å². The lowest BCUT2D eigenvalue weighted by molar-refractivity contribution is -0.120. The van der Waals surface area contributed by atoms with Crippen molar-refractivity contribution in [3.05, 3.63) is 0 Å². The average molecular weight is 238 g/mol. The molecule has 0 aromatic rings. The highest BCUT2D eigenvalue weighted by Crippen LogP contribution is 2.30. The Morgan fingerprint density at radius 2 is 1.53 bits per heavy atom. The van der Waals surface area contributed by atoms with Crippen LogP contribution in [0.3, 0.4) is 0 Å². The van der Waals surface area contributed by atoms with Gasteiger partial charge in [0, 0.05) is 12.8 Å². The summed E-state index contributed by atoms with van der Waals surface area (Å²) in [4.78, 5) is 11.6. The molecule has 0 aromatic carbocycles. The molecule has 0 atom stereocenters. The molecule has 0 aliphatic heterocycles. The van der Waals surface area contributed by atoms with Crippen molar-refractivity contribution >= 4 is 5.78 Å². The number of hydrogen-bond acceptors (Lipinski definition) is 1. The molecule has 0 radical (unpaired) electrons. The second-order valence-electron chi connectivity index (χ2n) is 5.76. The van der Waals surface area contributed by atoms with Crippen LogP contribution in [0.15, 0.2) is 0 Å². The highest BCUT2D eigenvalue weighted by atomic mass is 16.1. The Hall–Kier alpha value is -0.330. The summed E-state index contributed by atoms with van der Waals surface area (Å²) in [5, 5.41) is 0. The topological polar surface area (TPSA) is 17.1 Å². The van der Waals surface area contributed by atoms with E-state index in [1.54, 1.807) is 0 Å². The molecule has 1 aliphatic carbocycles. The third kappa shape index (κ3) is 7.57. The van der Waals surface area contributed by atoms with Gasteiger partial charge >= 0.3 is 0 Å². The minimum atomic E-state index is 0.528. The molecule has 1 saturated carbocycles. The lowest BCUT2D eigenvalue weighted by atomic mass is 9.81. The molecule has 0 saturated heterocycles. The molecule has 1 aliphatic rings. The van der Waals surface area contributed by atoms with Crippen molar-refractivity contribution in [3.63, 3.8) is 0 Å². The first-order valence-electron chi connectivity index (χ1n) is 7.84. The summed E-state index contributed by atoms with van der Waals surface area (Å²) in [7, 11) is 0. The predicted octanol–water partition coefficient (Wildman–Crippen LogP) is 5.28. The SMILES string of the molecule is CCCCCCCCCCC(=O)CC1CCC1. The molecule has 0 heterocycles. The summed E-state index contributed by atoms with van der Waals surface area (Å²) in [5.41, 5.74) is 0. The van der Waals surface area contributed by atoms with Gasteiger partial charge in [0.05, 0.1) is 0 Å². The molecule has 0 N–H and O–H groups in total. The van der Waals surface area contributed by atoms with Crippen molar-refractivity contribution in [3.8, 4) is 0 Å². The zero-order valence-electron chi connectivity index (χ0n) is 11.7. The summed E-state index contributed by atoms with van der Waals surface area (Å²) >= 11 is 0. The van der Waals surface area contributed by atoms with E-state index in [0.29, 0.717) is 5.78 Å². The van der Waals surface area contributed by atoms with E-state index in [2.05, 4.69) is 6.92 Å². The van der Waals surface area contributed by atoms with Crippen LogP contribution in [-0.2, 0) is 4.79 Å². The zero-order valence-corrected chi connectivity index (χ0v) is 11.7. The summed E-state index contributed by atoms with van der Waals surface area (Å²) in [5.74, 6) is 1.29. The maximum Gasteiger partial charge on any atom is 0.133 e. The van der Waals surface area contributed by atoms with E-state index < -0.39 is 0 Å². The van der Waals surface area contributed by atoms with Crippen LogP contribution in [-0.4, -0.2) is 5.78 Å². The van der Waals surface area contributed by atoms with Gasteiger partial charge in [0.15, 0.2) is 0 Å². The van der Waals surface area contributed by atoms with E-state index in [1.165, 1.54) is 64.2 Å². The van der Waals surface area contributed by atoms with Crippen LogP contribution in [0.5, 0.6) is 0 Å². The molecule has 1 rings (SSSR count). The second-order valence-corrected chi connectivity index (χ2v) is 5.76. The first-order chi connectivity index (χ1) is 8.33. The van der Waals surface area contributed by atoms with Crippen LogP contribution in [0.1, 0.15) is 90.4 Å². The monoisotopic (exact) mass is 238 g/mol. The fourth-order valence-electron chi connectivity index (χ4n) is 2.58. The lowest BCUT2D eigenvalue weighted by Crippen LogP contribution is -2.15. The maximum atomic E-state index is 11.6. The fraction of sp³-hybridized carbons (Fsp3) is 0.938. The van der Waals surface area contributed by atoms with Crippen molar-refractivity contribution in [2.75, 3.05) is 0 Å². The van der Waals surface area contributed by atoms with Crippen molar-refractivity contribution in [2.45, 2.75) is 90.4 Å². The highest BCUT2D eigenvalue weighted by molar-refractivity contribution is 5.78. The number of rotatable bonds is 11. The molecule has 17 heavy (non-hydrogen) atoms. The van der Waals surface area contributed by atoms with Gasteiger partial charge in [0.1, 0.15) is 5.78 Å². The smallest absolute Gasteiger partial charge is 0.133 e. The van der Waals surface area contributed by atoms with E-state index >= 15 is 0 Å². The van der Waals surface area contributed by atoms with Crippen molar-refractivity contribution in [2.24, 2.45) is 5.92 Å². The molecule has 0 unspecified atom stereocenters. The van der Waals surface area contributed by atoms with Crippen LogP contribution in [0.25, 0.3) is 0 Å². The van der Waals surface area contributed by atoms with Crippen molar-refractivity contribution < 1.29 is 4.79 Å². The Labute approximate surface area is 107 Å². The zero-order chi connectivity index (χ0) is 12.3. The Morgan fingerprint density at radius 3 is 2.06 bits per heavy atom. The highest BCUT2D eigenvalue weighted by Gasteiger charge is 2.19. The second kappa shape index (κ2) is 9.67. The first kappa shape index (κ1) is 14.7. The average Bonchev–Trinajstić information content (AvgIpc) is 2.27. The Bertz CT molecular complexity index is 194. The Kier molecular flexibility index (Phi) is 8.38. The molecular weight excluding hydrogens is 208 g/mol. The third-order valence-corrected chi connectivity index (χ3v) is 4.05. The van der Waals surface area contributed by atoms with Gasteiger partial charge < -0.3 is 0 Å².